The lowest BCUT2D eigenvalue weighted by atomic mass is 9.67. The Bertz CT molecular complexity index is 521. The zero-order chi connectivity index (χ0) is 18.0. The molecule has 1 aromatic rings. The number of nitrogens with zero attached hydrogens (tertiary/aromatic N) is 3. The molecule has 0 aromatic carbocycles. The molecule has 0 spiro atoms. The molecular weight excluding hydrogens is 306 g/mol. The summed E-state index contributed by atoms with van der Waals surface area (Å²) in [7, 11) is 0. The van der Waals surface area contributed by atoms with Crippen molar-refractivity contribution in [2.45, 2.75) is 103 Å². The first kappa shape index (κ1) is 19.9. The van der Waals surface area contributed by atoms with Gasteiger partial charge in [0.25, 0.3) is 0 Å². The van der Waals surface area contributed by atoms with Gasteiger partial charge < -0.3 is 0 Å². The fraction of sp³-hybridized carbons (Fsp3) is 0.773. The Morgan fingerprint density at radius 2 is 1.64 bits per heavy atom. The van der Waals surface area contributed by atoms with Crippen LogP contribution in [0.25, 0.3) is 0 Å². The first-order valence-corrected chi connectivity index (χ1v) is 10.5. The van der Waals surface area contributed by atoms with Crippen molar-refractivity contribution in [1.29, 1.82) is 5.26 Å². The molecule has 0 atom stereocenters. The van der Waals surface area contributed by atoms with Gasteiger partial charge in [0.1, 0.15) is 5.82 Å². The Morgan fingerprint density at radius 1 is 1.00 bits per heavy atom. The smallest absolute Gasteiger partial charge is 0.128 e. The molecule has 1 aromatic heterocycles. The van der Waals surface area contributed by atoms with Gasteiger partial charge in [-0.3, -0.25) is 0 Å². The third-order valence-electron chi connectivity index (χ3n) is 5.90. The van der Waals surface area contributed by atoms with Gasteiger partial charge in [-0.2, -0.15) is 5.26 Å². The summed E-state index contributed by atoms with van der Waals surface area (Å²) in [4.78, 5) is 9.09. The highest BCUT2D eigenvalue weighted by Crippen LogP contribution is 2.42. The molecule has 0 radical (unpaired) electrons. The molecule has 3 heteroatoms. The normalized spacial score (nSPS) is 23.3. The van der Waals surface area contributed by atoms with E-state index in [1.54, 1.807) is 0 Å². The molecule has 2 rings (SSSR count). The van der Waals surface area contributed by atoms with Crippen molar-refractivity contribution >= 4 is 0 Å². The molecule has 0 N–H and O–H groups in total. The number of hydrogen-bond donors (Lipinski definition) is 0. The molecule has 138 valence electrons. The van der Waals surface area contributed by atoms with Crippen molar-refractivity contribution in [2.24, 2.45) is 5.92 Å². The maximum Gasteiger partial charge on any atom is 0.128 e. The van der Waals surface area contributed by atoms with Crippen LogP contribution in [0.1, 0.15) is 102 Å². The predicted molar refractivity (Wildman–Crippen MR) is 103 cm³/mol. The van der Waals surface area contributed by atoms with E-state index in [1.165, 1.54) is 57.8 Å². The lowest BCUT2D eigenvalue weighted by molar-refractivity contribution is 0.260. The Hall–Kier alpha value is -1.43. The van der Waals surface area contributed by atoms with Crippen LogP contribution < -0.4 is 0 Å². The summed E-state index contributed by atoms with van der Waals surface area (Å²) in [5.74, 6) is 1.74. The zero-order valence-corrected chi connectivity index (χ0v) is 16.3. The Balaban J connectivity index is 1.88. The van der Waals surface area contributed by atoms with Crippen LogP contribution in [0.3, 0.4) is 0 Å². The van der Waals surface area contributed by atoms with E-state index in [0.717, 1.165) is 43.0 Å². The van der Waals surface area contributed by atoms with Crippen LogP contribution in [0, 0.1) is 17.2 Å². The van der Waals surface area contributed by atoms with Crippen molar-refractivity contribution in [3.63, 3.8) is 0 Å². The van der Waals surface area contributed by atoms with Gasteiger partial charge in [0.15, 0.2) is 0 Å². The van der Waals surface area contributed by atoms with E-state index in [2.05, 4.69) is 29.9 Å². The summed E-state index contributed by atoms with van der Waals surface area (Å²) in [6.07, 6.45) is 19.4. The number of hydrogen-bond acceptors (Lipinski definition) is 3. The van der Waals surface area contributed by atoms with E-state index < -0.39 is 0 Å². The summed E-state index contributed by atoms with van der Waals surface area (Å²) >= 11 is 0. The number of nitriles is 1. The molecule has 25 heavy (non-hydrogen) atoms. The maximum atomic E-state index is 9.86. The van der Waals surface area contributed by atoms with E-state index in [1.807, 2.05) is 12.4 Å². The molecule has 3 nitrogen and oxygen atoms in total. The van der Waals surface area contributed by atoms with Crippen molar-refractivity contribution in [1.82, 2.24) is 9.97 Å². The molecule has 0 unspecified atom stereocenters. The molecule has 0 saturated heterocycles. The van der Waals surface area contributed by atoms with Crippen LogP contribution in [-0.2, 0) is 11.8 Å². The fourth-order valence-corrected chi connectivity index (χ4v) is 4.05. The molecular formula is C22H35N3. The van der Waals surface area contributed by atoms with Crippen LogP contribution >= 0.6 is 0 Å². The highest BCUT2D eigenvalue weighted by Gasteiger charge is 2.37. The van der Waals surface area contributed by atoms with Gasteiger partial charge in [-0.15, -0.1) is 0 Å². The summed E-state index contributed by atoms with van der Waals surface area (Å²) in [5.41, 5.74) is 0.695. The number of rotatable bonds is 10. The van der Waals surface area contributed by atoms with Crippen molar-refractivity contribution in [3.8, 4) is 6.07 Å². The SMILES string of the molecule is CCCCCC[C@H]1CC[C@@](C#N)(c2cnc(CCCCC)nc2)CC1. The predicted octanol–water partition coefficient (Wildman–Crippen LogP) is 6.13. The van der Waals surface area contributed by atoms with E-state index in [9.17, 15) is 5.26 Å². The Labute approximate surface area is 154 Å². The van der Waals surface area contributed by atoms with Gasteiger partial charge in [-0.05, 0) is 38.0 Å². The molecule has 1 aliphatic carbocycles. The highest BCUT2D eigenvalue weighted by molar-refractivity contribution is 5.29. The molecule has 1 fully saturated rings. The molecule has 1 heterocycles. The average molecular weight is 342 g/mol. The number of unbranched alkanes of at least 4 members (excludes halogenated alkanes) is 5. The number of aryl methyl sites for hydroxylation is 1. The molecule has 0 aliphatic heterocycles. The minimum Gasteiger partial charge on any atom is -0.241 e. The van der Waals surface area contributed by atoms with Gasteiger partial charge in [0, 0.05) is 24.4 Å². The largest absolute Gasteiger partial charge is 0.241 e. The first-order valence-electron chi connectivity index (χ1n) is 10.5. The fourth-order valence-electron chi connectivity index (χ4n) is 4.05. The quantitative estimate of drug-likeness (QED) is 0.481. The lowest BCUT2D eigenvalue weighted by Gasteiger charge is -2.35. The van der Waals surface area contributed by atoms with E-state index in [0.29, 0.717) is 0 Å². The second kappa shape index (κ2) is 10.5. The van der Waals surface area contributed by atoms with Crippen molar-refractivity contribution < 1.29 is 0 Å². The highest BCUT2D eigenvalue weighted by atomic mass is 14.9. The summed E-state index contributed by atoms with van der Waals surface area (Å²) in [6.45, 7) is 4.47. The third-order valence-corrected chi connectivity index (χ3v) is 5.90. The molecule has 1 saturated carbocycles. The van der Waals surface area contributed by atoms with Gasteiger partial charge in [-0.25, -0.2) is 9.97 Å². The van der Waals surface area contributed by atoms with Gasteiger partial charge in [0.05, 0.1) is 11.5 Å². The second-order valence-electron chi connectivity index (χ2n) is 7.83. The van der Waals surface area contributed by atoms with E-state index >= 15 is 0 Å². The van der Waals surface area contributed by atoms with Crippen LogP contribution in [0.4, 0.5) is 0 Å². The summed E-state index contributed by atoms with van der Waals surface area (Å²) in [5, 5.41) is 9.86. The van der Waals surface area contributed by atoms with Crippen LogP contribution in [-0.4, -0.2) is 9.97 Å². The lowest BCUT2D eigenvalue weighted by Crippen LogP contribution is -2.30. The zero-order valence-electron chi connectivity index (χ0n) is 16.3. The summed E-state index contributed by atoms with van der Waals surface area (Å²) < 4.78 is 0. The van der Waals surface area contributed by atoms with Crippen LogP contribution in [0.5, 0.6) is 0 Å². The molecule has 0 amide bonds. The number of aromatic nitrogens is 2. The first-order chi connectivity index (χ1) is 12.2. The van der Waals surface area contributed by atoms with Gasteiger partial charge in [0.2, 0.25) is 0 Å². The maximum absolute atomic E-state index is 9.86. The monoisotopic (exact) mass is 341 g/mol. The van der Waals surface area contributed by atoms with Crippen molar-refractivity contribution in [2.75, 3.05) is 0 Å². The van der Waals surface area contributed by atoms with Crippen LogP contribution in [0.2, 0.25) is 0 Å². The third kappa shape index (κ3) is 5.80. The minimum atomic E-state index is -0.345. The Kier molecular flexibility index (Phi) is 8.38. The topological polar surface area (TPSA) is 49.6 Å². The second-order valence-corrected chi connectivity index (χ2v) is 7.83. The average Bonchev–Trinajstić information content (AvgIpc) is 2.67. The summed E-state index contributed by atoms with van der Waals surface area (Å²) in [6, 6.07) is 2.62. The minimum absolute atomic E-state index is 0.345. The van der Waals surface area contributed by atoms with E-state index in [4.69, 9.17) is 0 Å². The van der Waals surface area contributed by atoms with Gasteiger partial charge in [-0.1, -0.05) is 58.8 Å². The van der Waals surface area contributed by atoms with Crippen LogP contribution in [0.15, 0.2) is 12.4 Å². The standard InChI is InChI=1S/C22H35N3/c1-3-5-7-9-10-19-12-14-22(18-23,15-13-19)20-16-24-21(25-17-20)11-8-6-4-2/h16-17,19H,3-15H2,1-2H3/t19-,22+. The van der Waals surface area contributed by atoms with Gasteiger partial charge >= 0.3 is 0 Å². The Morgan fingerprint density at radius 3 is 2.24 bits per heavy atom. The van der Waals surface area contributed by atoms with Crippen molar-refractivity contribution in [3.05, 3.63) is 23.8 Å². The van der Waals surface area contributed by atoms with E-state index in [-0.39, 0.29) is 5.41 Å². The molecule has 0 bridgehead atoms. The molecule has 1 aliphatic rings.